The molecule has 1 aliphatic heterocycles. The molecule has 2 fully saturated rings. The number of likely N-dealkylation sites (tertiary alicyclic amines) is 1. The van der Waals surface area contributed by atoms with Crippen LogP contribution in [0.3, 0.4) is 0 Å². The maximum Gasteiger partial charge on any atom is 0.251 e. The number of hydrogen-bond donors (Lipinski definition) is 2. The van der Waals surface area contributed by atoms with Crippen LogP contribution in [-0.4, -0.2) is 48.4 Å². The first-order valence-electron chi connectivity index (χ1n) is 10.2. The molecule has 2 N–H and O–H groups in total. The first-order valence-corrected chi connectivity index (χ1v) is 10.6. The van der Waals surface area contributed by atoms with Crippen molar-refractivity contribution in [3.05, 3.63) is 34.6 Å². The van der Waals surface area contributed by atoms with E-state index in [2.05, 4.69) is 15.5 Å². The molecule has 0 spiro atoms. The zero-order valence-corrected chi connectivity index (χ0v) is 17.1. The topological polar surface area (TPSA) is 61.4 Å². The largest absolute Gasteiger partial charge is 0.352 e. The molecule has 7 heteroatoms. The lowest BCUT2D eigenvalue weighted by molar-refractivity contribution is -0.127. The number of nitrogens with zero attached hydrogens (tertiary/aromatic N) is 1. The normalized spacial score (nSPS) is 20.1. The standard InChI is InChI=1S/C21H29ClFN3O2/c1-14(20(27)25-19-4-2-3-5-19)26-8-6-15(7-9-26)13-24-21(28)16-10-17(22)12-18(23)11-16/h10-12,14-15,19H,2-9,13H2,1H3,(H,24,28)(H,25,27). The van der Waals surface area contributed by atoms with Crippen LogP contribution in [0.15, 0.2) is 18.2 Å². The monoisotopic (exact) mass is 409 g/mol. The first kappa shape index (κ1) is 21.1. The van der Waals surface area contributed by atoms with E-state index >= 15 is 0 Å². The van der Waals surface area contributed by atoms with Gasteiger partial charge in [-0.15, -0.1) is 0 Å². The molecule has 1 aromatic rings. The molecule has 3 rings (SSSR count). The molecule has 0 aromatic heterocycles. The fraction of sp³-hybridized carbons (Fsp3) is 0.619. The molecule has 1 aromatic carbocycles. The van der Waals surface area contributed by atoms with Crippen LogP contribution in [-0.2, 0) is 4.79 Å². The minimum Gasteiger partial charge on any atom is -0.352 e. The van der Waals surface area contributed by atoms with E-state index in [0.717, 1.165) is 38.8 Å². The lowest BCUT2D eigenvalue weighted by Crippen LogP contribution is -2.50. The molecule has 5 nitrogen and oxygen atoms in total. The number of piperidine rings is 1. The number of amides is 2. The summed E-state index contributed by atoms with van der Waals surface area (Å²) in [5.74, 6) is -0.347. The van der Waals surface area contributed by atoms with Crippen LogP contribution in [0.5, 0.6) is 0 Å². The lowest BCUT2D eigenvalue weighted by atomic mass is 9.95. The van der Waals surface area contributed by atoms with Gasteiger partial charge < -0.3 is 10.6 Å². The van der Waals surface area contributed by atoms with E-state index in [0.29, 0.717) is 18.5 Å². The smallest absolute Gasteiger partial charge is 0.251 e. The summed E-state index contributed by atoms with van der Waals surface area (Å²) >= 11 is 5.81. The van der Waals surface area contributed by atoms with E-state index in [9.17, 15) is 14.0 Å². The van der Waals surface area contributed by atoms with E-state index in [1.807, 2.05) is 6.92 Å². The van der Waals surface area contributed by atoms with Gasteiger partial charge in [0.25, 0.3) is 5.91 Å². The van der Waals surface area contributed by atoms with Gasteiger partial charge in [-0.05, 0) is 69.8 Å². The minimum absolute atomic E-state index is 0.120. The number of nitrogens with one attached hydrogen (secondary N) is 2. The van der Waals surface area contributed by atoms with Crippen molar-refractivity contribution in [1.29, 1.82) is 0 Å². The lowest BCUT2D eigenvalue weighted by Gasteiger charge is -2.35. The molecule has 1 saturated heterocycles. The summed E-state index contributed by atoms with van der Waals surface area (Å²) in [5.41, 5.74) is 0.236. The molecule has 28 heavy (non-hydrogen) atoms. The van der Waals surface area contributed by atoms with Crippen LogP contribution < -0.4 is 10.6 Å². The average molecular weight is 410 g/mol. The van der Waals surface area contributed by atoms with Gasteiger partial charge in [0, 0.05) is 23.2 Å². The molecule has 2 amide bonds. The molecule has 1 saturated carbocycles. The van der Waals surface area contributed by atoms with Crippen LogP contribution in [0.2, 0.25) is 5.02 Å². The predicted molar refractivity (Wildman–Crippen MR) is 108 cm³/mol. The number of carbonyl (C=O) groups excluding carboxylic acids is 2. The summed E-state index contributed by atoms with van der Waals surface area (Å²) in [6, 6.07) is 4.06. The van der Waals surface area contributed by atoms with E-state index in [-0.39, 0.29) is 28.4 Å². The van der Waals surface area contributed by atoms with E-state index in [4.69, 9.17) is 11.6 Å². The highest BCUT2D eigenvalue weighted by atomic mass is 35.5. The van der Waals surface area contributed by atoms with Crippen LogP contribution in [0.1, 0.15) is 55.8 Å². The predicted octanol–water partition coefficient (Wildman–Crippen LogP) is 3.37. The second-order valence-corrected chi connectivity index (χ2v) is 8.45. The van der Waals surface area contributed by atoms with Gasteiger partial charge in [-0.25, -0.2) is 4.39 Å². The second kappa shape index (κ2) is 9.70. The van der Waals surface area contributed by atoms with E-state index in [1.165, 1.54) is 31.0 Å². The molecular formula is C21H29ClFN3O2. The summed E-state index contributed by atoms with van der Waals surface area (Å²) in [6.07, 6.45) is 6.44. The molecule has 1 aliphatic carbocycles. The summed E-state index contributed by atoms with van der Waals surface area (Å²) in [4.78, 5) is 26.9. The van der Waals surface area contributed by atoms with E-state index in [1.54, 1.807) is 0 Å². The van der Waals surface area contributed by atoms with Gasteiger partial charge in [-0.1, -0.05) is 24.4 Å². The zero-order chi connectivity index (χ0) is 20.1. The SMILES string of the molecule is CC(C(=O)NC1CCCC1)N1CCC(CNC(=O)c2cc(F)cc(Cl)c2)CC1. The number of rotatable bonds is 6. The first-order chi connectivity index (χ1) is 13.4. The summed E-state index contributed by atoms with van der Waals surface area (Å²) in [6.45, 7) is 4.20. The van der Waals surface area contributed by atoms with Crippen LogP contribution in [0.25, 0.3) is 0 Å². The van der Waals surface area contributed by atoms with Gasteiger partial charge in [0.15, 0.2) is 0 Å². The maximum absolute atomic E-state index is 13.4. The Labute approximate surface area is 171 Å². The Kier molecular flexibility index (Phi) is 7.30. The summed E-state index contributed by atoms with van der Waals surface area (Å²) < 4.78 is 13.4. The minimum atomic E-state index is -0.518. The molecule has 0 radical (unpaired) electrons. The van der Waals surface area contributed by atoms with Crippen molar-refractivity contribution in [3.8, 4) is 0 Å². The van der Waals surface area contributed by atoms with Crippen molar-refractivity contribution in [3.63, 3.8) is 0 Å². The van der Waals surface area contributed by atoms with E-state index < -0.39 is 5.82 Å². The van der Waals surface area contributed by atoms with Crippen molar-refractivity contribution in [2.24, 2.45) is 5.92 Å². The molecule has 1 heterocycles. The highest BCUT2D eigenvalue weighted by molar-refractivity contribution is 6.31. The number of benzene rings is 1. The summed E-state index contributed by atoms with van der Waals surface area (Å²) in [5, 5.41) is 6.26. The third-order valence-corrected chi connectivity index (χ3v) is 6.17. The van der Waals surface area contributed by atoms with Crippen molar-refractivity contribution in [2.75, 3.05) is 19.6 Å². The van der Waals surface area contributed by atoms with Gasteiger partial charge in [0.2, 0.25) is 5.91 Å². The fourth-order valence-electron chi connectivity index (χ4n) is 4.13. The molecule has 0 bridgehead atoms. The Morgan fingerprint density at radius 2 is 1.86 bits per heavy atom. The Morgan fingerprint density at radius 3 is 2.50 bits per heavy atom. The fourth-order valence-corrected chi connectivity index (χ4v) is 4.35. The van der Waals surface area contributed by atoms with Gasteiger partial charge >= 0.3 is 0 Å². The third kappa shape index (κ3) is 5.67. The third-order valence-electron chi connectivity index (χ3n) is 5.95. The quantitative estimate of drug-likeness (QED) is 0.757. The van der Waals surface area contributed by atoms with Crippen LogP contribution in [0.4, 0.5) is 4.39 Å². The average Bonchev–Trinajstić information content (AvgIpc) is 3.18. The number of hydrogen-bond acceptors (Lipinski definition) is 3. The molecule has 1 atom stereocenters. The molecular weight excluding hydrogens is 381 g/mol. The van der Waals surface area contributed by atoms with Crippen molar-refractivity contribution < 1.29 is 14.0 Å². The highest BCUT2D eigenvalue weighted by Gasteiger charge is 2.28. The van der Waals surface area contributed by atoms with Gasteiger partial charge in [0.1, 0.15) is 5.82 Å². The maximum atomic E-state index is 13.4. The van der Waals surface area contributed by atoms with Crippen LogP contribution >= 0.6 is 11.6 Å². The van der Waals surface area contributed by atoms with Crippen molar-refractivity contribution >= 4 is 23.4 Å². The van der Waals surface area contributed by atoms with Crippen molar-refractivity contribution in [1.82, 2.24) is 15.5 Å². The number of carbonyl (C=O) groups is 2. The Morgan fingerprint density at radius 1 is 1.18 bits per heavy atom. The Balaban J connectivity index is 1.41. The van der Waals surface area contributed by atoms with Gasteiger partial charge in [-0.2, -0.15) is 0 Å². The molecule has 154 valence electrons. The van der Waals surface area contributed by atoms with Gasteiger partial charge in [-0.3, -0.25) is 14.5 Å². The number of halogens is 2. The Bertz CT molecular complexity index is 681. The summed E-state index contributed by atoms with van der Waals surface area (Å²) in [7, 11) is 0. The van der Waals surface area contributed by atoms with Crippen molar-refractivity contribution in [2.45, 2.75) is 57.5 Å². The van der Waals surface area contributed by atoms with Crippen LogP contribution in [0, 0.1) is 11.7 Å². The highest BCUT2D eigenvalue weighted by Crippen LogP contribution is 2.21. The molecule has 1 unspecified atom stereocenters. The zero-order valence-electron chi connectivity index (χ0n) is 16.3. The Hall–Kier alpha value is -1.66. The molecule has 2 aliphatic rings. The second-order valence-electron chi connectivity index (χ2n) is 8.01. The van der Waals surface area contributed by atoms with Gasteiger partial charge in [0.05, 0.1) is 6.04 Å².